The molecule has 4 N–H and O–H groups in total. The quantitative estimate of drug-likeness (QED) is 0.717. The van der Waals surface area contributed by atoms with Gasteiger partial charge < -0.3 is 15.9 Å². The Kier molecular flexibility index (Phi) is 4.43. The van der Waals surface area contributed by atoms with Gasteiger partial charge in [0.15, 0.2) is 0 Å². The van der Waals surface area contributed by atoms with Gasteiger partial charge in [0.2, 0.25) is 0 Å². The molecule has 1 aromatic rings. The molecule has 4 nitrogen and oxygen atoms in total. The Hall–Kier alpha value is -1.65. The molecule has 0 aliphatic rings. The Labute approximate surface area is 100 Å². The average Bonchev–Trinajstić information content (AvgIpc) is 2.29. The fourth-order valence-electron chi connectivity index (χ4n) is 1.39. The molecule has 0 bridgehead atoms. The maximum absolute atomic E-state index is 11.0. The summed E-state index contributed by atoms with van der Waals surface area (Å²) in [6.07, 6.45) is 2.42. The van der Waals surface area contributed by atoms with E-state index in [0.717, 1.165) is 5.56 Å². The molecule has 0 heterocycles. The highest BCUT2D eigenvalue weighted by molar-refractivity contribution is 5.79. The zero-order valence-corrected chi connectivity index (χ0v) is 9.71. The first-order valence-corrected chi connectivity index (χ1v) is 5.39. The number of carboxylic acid groups (broad SMARTS) is 1. The van der Waals surface area contributed by atoms with Crippen LogP contribution in [0.3, 0.4) is 0 Å². The van der Waals surface area contributed by atoms with Gasteiger partial charge in [-0.2, -0.15) is 0 Å². The maximum Gasteiger partial charge on any atom is 0.326 e. The normalized spacial score (nSPS) is 16.6. The van der Waals surface area contributed by atoms with E-state index < -0.39 is 17.6 Å². The number of aliphatic hydroxyl groups is 1. The summed E-state index contributed by atoms with van der Waals surface area (Å²) < 4.78 is 0. The Bertz CT molecular complexity index is 400. The van der Waals surface area contributed by atoms with Crippen molar-refractivity contribution in [1.29, 1.82) is 0 Å². The number of rotatable bonds is 5. The van der Waals surface area contributed by atoms with E-state index in [1.807, 2.05) is 30.3 Å². The molecule has 0 amide bonds. The van der Waals surface area contributed by atoms with Gasteiger partial charge in [-0.3, -0.25) is 4.79 Å². The Morgan fingerprint density at radius 2 is 2.06 bits per heavy atom. The van der Waals surface area contributed by atoms with Gasteiger partial charge in [0, 0.05) is 0 Å². The summed E-state index contributed by atoms with van der Waals surface area (Å²) >= 11 is 0. The summed E-state index contributed by atoms with van der Waals surface area (Å²) in [5, 5.41) is 18.4. The van der Waals surface area contributed by atoms with Gasteiger partial charge in [-0.25, -0.2) is 0 Å². The third-order valence-corrected chi connectivity index (χ3v) is 2.71. The van der Waals surface area contributed by atoms with E-state index in [1.165, 1.54) is 6.92 Å². The van der Waals surface area contributed by atoms with Crippen LogP contribution in [-0.2, 0) is 4.79 Å². The van der Waals surface area contributed by atoms with Crippen molar-refractivity contribution in [3.05, 3.63) is 42.0 Å². The van der Waals surface area contributed by atoms with E-state index in [9.17, 15) is 9.90 Å². The van der Waals surface area contributed by atoms with E-state index in [1.54, 1.807) is 12.2 Å². The molecule has 0 aromatic heterocycles. The lowest BCUT2D eigenvalue weighted by Gasteiger charge is -2.26. The standard InChI is InChI=1S/C13H17NO3/c1-10(15)13(14,12(16)17)9-5-8-11-6-3-2-4-7-11/h2-8,10,15H,9,14H2,1H3,(H,16,17)/b8-5+/t10-,13+/m0/s1. The fourth-order valence-corrected chi connectivity index (χ4v) is 1.39. The van der Waals surface area contributed by atoms with Crippen LogP contribution < -0.4 is 5.73 Å². The number of hydrogen-bond acceptors (Lipinski definition) is 3. The van der Waals surface area contributed by atoms with Crippen LogP contribution in [-0.4, -0.2) is 27.8 Å². The highest BCUT2D eigenvalue weighted by atomic mass is 16.4. The van der Waals surface area contributed by atoms with Gasteiger partial charge in [0.05, 0.1) is 6.10 Å². The van der Waals surface area contributed by atoms with Gasteiger partial charge in [-0.15, -0.1) is 0 Å². The van der Waals surface area contributed by atoms with E-state index in [2.05, 4.69) is 0 Å². The summed E-state index contributed by atoms with van der Waals surface area (Å²) in [5.74, 6) is -1.20. The van der Waals surface area contributed by atoms with Crippen LogP contribution in [0.2, 0.25) is 0 Å². The number of hydrogen-bond donors (Lipinski definition) is 3. The van der Waals surface area contributed by atoms with Gasteiger partial charge in [0.1, 0.15) is 5.54 Å². The molecule has 0 aliphatic heterocycles. The lowest BCUT2D eigenvalue weighted by atomic mass is 9.90. The van der Waals surface area contributed by atoms with Gasteiger partial charge in [0.25, 0.3) is 0 Å². The second-order valence-electron chi connectivity index (χ2n) is 4.04. The largest absolute Gasteiger partial charge is 0.480 e. The van der Waals surface area contributed by atoms with Crippen molar-refractivity contribution in [3.63, 3.8) is 0 Å². The number of aliphatic carboxylic acids is 1. The predicted octanol–water partition coefficient (Wildman–Crippen LogP) is 1.25. The molecule has 4 heteroatoms. The summed E-state index contributed by atoms with van der Waals surface area (Å²) in [6.45, 7) is 1.38. The summed E-state index contributed by atoms with van der Waals surface area (Å²) in [4.78, 5) is 11.0. The average molecular weight is 235 g/mol. The van der Waals surface area contributed by atoms with Crippen molar-refractivity contribution < 1.29 is 15.0 Å². The maximum atomic E-state index is 11.0. The minimum Gasteiger partial charge on any atom is -0.480 e. The predicted molar refractivity (Wildman–Crippen MR) is 66.3 cm³/mol. The number of carbonyl (C=O) groups is 1. The monoisotopic (exact) mass is 235 g/mol. The Morgan fingerprint density at radius 3 is 2.53 bits per heavy atom. The second kappa shape index (κ2) is 5.61. The zero-order valence-electron chi connectivity index (χ0n) is 9.71. The molecular weight excluding hydrogens is 218 g/mol. The van der Waals surface area contributed by atoms with E-state index in [0.29, 0.717) is 0 Å². The molecule has 0 fully saturated rings. The molecule has 17 heavy (non-hydrogen) atoms. The van der Waals surface area contributed by atoms with Crippen LogP contribution >= 0.6 is 0 Å². The van der Waals surface area contributed by atoms with E-state index >= 15 is 0 Å². The number of carboxylic acids is 1. The van der Waals surface area contributed by atoms with Crippen molar-refractivity contribution >= 4 is 12.0 Å². The molecule has 2 atom stereocenters. The van der Waals surface area contributed by atoms with E-state index in [-0.39, 0.29) is 6.42 Å². The molecular formula is C13H17NO3. The fraction of sp³-hybridized carbons (Fsp3) is 0.308. The molecule has 0 saturated carbocycles. The minimum absolute atomic E-state index is 0.0783. The lowest BCUT2D eigenvalue weighted by Crippen LogP contribution is -2.55. The SMILES string of the molecule is C[C@H](O)[C@](N)(C/C=C/c1ccccc1)C(=O)O. The third kappa shape index (κ3) is 3.41. The smallest absolute Gasteiger partial charge is 0.326 e. The van der Waals surface area contributed by atoms with Crippen LogP contribution in [0.1, 0.15) is 18.9 Å². The zero-order chi connectivity index (χ0) is 12.9. The third-order valence-electron chi connectivity index (χ3n) is 2.71. The van der Waals surface area contributed by atoms with Crippen molar-refractivity contribution in [2.75, 3.05) is 0 Å². The van der Waals surface area contributed by atoms with Crippen LogP contribution in [0.5, 0.6) is 0 Å². The first-order chi connectivity index (χ1) is 7.97. The summed E-state index contributed by atoms with van der Waals surface area (Å²) in [6, 6.07) is 9.48. The molecule has 0 unspecified atom stereocenters. The highest BCUT2D eigenvalue weighted by Gasteiger charge is 2.37. The summed E-state index contributed by atoms with van der Waals surface area (Å²) in [5.41, 5.74) is 4.98. The Balaban J connectivity index is 2.72. The van der Waals surface area contributed by atoms with Crippen molar-refractivity contribution in [3.8, 4) is 0 Å². The van der Waals surface area contributed by atoms with Crippen molar-refractivity contribution in [2.24, 2.45) is 5.73 Å². The topological polar surface area (TPSA) is 83.5 Å². The molecule has 0 saturated heterocycles. The molecule has 0 radical (unpaired) electrons. The number of aliphatic hydroxyl groups excluding tert-OH is 1. The summed E-state index contributed by atoms with van der Waals surface area (Å²) in [7, 11) is 0. The molecule has 92 valence electrons. The van der Waals surface area contributed by atoms with Crippen LogP contribution in [0.4, 0.5) is 0 Å². The minimum atomic E-state index is -1.63. The van der Waals surface area contributed by atoms with Crippen LogP contribution in [0.15, 0.2) is 36.4 Å². The number of benzene rings is 1. The highest BCUT2D eigenvalue weighted by Crippen LogP contribution is 2.15. The van der Waals surface area contributed by atoms with Crippen molar-refractivity contribution in [1.82, 2.24) is 0 Å². The lowest BCUT2D eigenvalue weighted by molar-refractivity contribution is -0.147. The first kappa shape index (κ1) is 13.4. The van der Waals surface area contributed by atoms with Crippen LogP contribution in [0.25, 0.3) is 6.08 Å². The van der Waals surface area contributed by atoms with Gasteiger partial charge >= 0.3 is 5.97 Å². The van der Waals surface area contributed by atoms with Crippen LogP contribution in [0, 0.1) is 0 Å². The first-order valence-electron chi connectivity index (χ1n) is 5.39. The number of nitrogens with two attached hydrogens (primary N) is 1. The van der Waals surface area contributed by atoms with Gasteiger partial charge in [-0.1, -0.05) is 42.5 Å². The van der Waals surface area contributed by atoms with Gasteiger partial charge in [-0.05, 0) is 18.9 Å². The molecule has 1 aromatic carbocycles. The second-order valence-corrected chi connectivity index (χ2v) is 4.04. The Morgan fingerprint density at radius 1 is 1.47 bits per heavy atom. The van der Waals surface area contributed by atoms with Crippen molar-refractivity contribution in [2.45, 2.75) is 25.0 Å². The molecule has 0 aliphatic carbocycles. The van der Waals surface area contributed by atoms with E-state index in [4.69, 9.17) is 10.8 Å². The molecule has 1 rings (SSSR count). The molecule has 0 spiro atoms.